The van der Waals surface area contributed by atoms with Crippen molar-refractivity contribution in [3.8, 4) is 0 Å². The molecule has 2 aliphatic heterocycles. The fourth-order valence-corrected chi connectivity index (χ4v) is 6.85. The highest BCUT2D eigenvalue weighted by Crippen LogP contribution is 2.31. The number of likely N-dealkylation sites (tertiary alicyclic amines) is 1. The number of anilines is 1. The average molecular weight is 499 g/mol. The summed E-state index contributed by atoms with van der Waals surface area (Å²) in [5.41, 5.74) is 4.90. The van der Waals surface area contributed by atoms with E-state index in [4.69, 9.17) is 4.98 Å². The van der Waals surface area contributed by atoms with Gasteiger partial charge in [0.1, 0.15) is 6.29 Å². The average Bonchev–Trinajstić information content (AvgIpc) is 2.92. The number of carbonyl (C=O) groups excluding carboxylic acids is 1. The molecule has 2 fully saturated rings. The highest BCUT2D eigenvalue weighted by Gasteiger charge is 2.29. The molecule has 37 heavy (non-hydrogen) atoms. The summed E-state index contributed by atoms with van der Waals surface area (Å²) in [6.45, 7) is 3.50. The van der Waals surface area contributed by atoms with Crippen LogP contribution in [0.2, 0.25) is 0 Å². The van der Waals surface area contributed by atoms with Gasteiger partial charge in [0.15, 0.2) is 5.82 Å². The van der Waals surface area contributed by atoms with Gasteiger partial charge in [0.05, 0.1) is 11.0 Å². The minimum absolute atomic E-state index is 0.0260. The van der Waals surface area contributed by atoms with E-state index in [-0.39, 0.29) is 11.6 Å². The summed E-state index contributed by atoms with van der Waals surface area (Å²) in [5, 5.41) is 0. The standard InChI is InChI=1S/C31H38N4O2/c36-22-23-12-13-24-14-17-34(21-25(24)20-23)30-31(37)35(29-11-7-6-10-28(29)32-30)27-15-18-33(19-16-27)26-8-4-2-1-3-5-9-26/h6-7,10-13,20,22,26-27H,1-5,8-9,14-19,21H2. The van der Waals surface area contributed by atoms with E-state index in [1.54, 1.807) is 0 Å². The SMILES string of the molecule is O=Cc1ccc2c(c1)CN(c1nc3ccccc3n(C3CCN(C4CCCCCCC4)CC3)c1=O)CC2. The first kappa shape index (κ1) is 24.4. The van der Waals surface area contributed by atoms with Crippen LogP contribution < -0.4 is 10.5 Å². The number of fused-ring (bicyclic) bond motifs is 2. The number of piperidine rings is 1. The quantitative estimate of drug-likeness (QED) is 0.443. The Labute approximate surface area is 219 Å². The summed E-state index contributed by atoms with van der Waals surface area (Å²) in [6.07, 6.45) is 13.3. The number of para-hydroxylation sites is 2. The fraction of sp³-hybridized carbons (Fsp3) is 0.516. The molecule has 1 aromatic heterocycles. The van der Waals surface area contributed by atoms with Crippen molar-refractivity contribution < 1.29 is 4.79 Å². The molecule has 6 rings (SSSR count). The van der Waals surface area contributed by atoms with Crippen molar-refractivity contribution in [1.29, 1.82) is 0 Å². The van der Waals surface area contributed by atoms with E-state index in [0.29, 0.717) is 24.0 Å². The van der Waals surface area contributed by atoms with E-state index in [1.807, 2.05) is 36.4 Å². The Bertz CT molecular complexity index is 1320. The lowest BCUT2D eigenvalue weighted by atomic mass is 9.93. The van der Waals surface area contributed by atoms with Gasteiger partial charge in [-0.15, -0.1) is 0 Å². The number of rotatable bonds is 4. The Kier molecular flexibility index (Phi) is 7.10. The molecule has 194 valence electrons. The second-order valence-electron chi connectivity index (χ2n) is 11.2. The molecule has 0 spiro atoms. The molecule has 3 aliphatic rings. The summed E-state index contributed by atoms with van der Waals surface area (Å²) in [4.78, 5) is 35.1. The summed E-state index contributed by atoms with van der Waals surface area (Å²) < 4.78 is 2.06. The van der Waals surface area contributed by atoms with Gasteiger partial charge in [-0.25, -0.2) is 4.98 Å². The fourth-order valence-electron chi connectivity index (χ4n) is 6.85. The minimum atomic E-state index is 0.0260. The molecule has 2 aromatic carbocycles. The van der Waals surface area contributed by atoms with E-state index >= 15 is 0 Å². The normalized spacial score (nSPS) is 20.4. The van der Waals surface area contributed by atoms with Crippen LogP contribution in [0, 0.1) is 0 Å². The van der Waals surface area contributed by atoms with Crippen molar-refractivity contribution in [2.45, 2.75) is 82.8 Å². The first-order valence-corrected chi connectivity index (χ1v) is 14.3. The third-order valence-electron chi connectivity index (χ3n) is 8.91. The molecule has 6 nitrogen and oxygen atoms in total. The molecule has 0 amide bonds. The first-order chi connectivity index (χ1) is 18.2. The number of hydrogen-bond acceptors (Lipinski definition) is 5. The lowest BCUT2D eigenvalue weighted by Gasteiger charge is -2.39. The van der Waals surface area contributed by atoms with Crippen molar-refractivity contribution in [1.82, 2.24) is 14.5 Å². The molecular weight excluding hydrogens is 460 g/mol. The van der Waals surface area contributed by atoms with Gasteiger partial charge in [-0.2, -0.15) is 0 Å². The Hall–Kier alpha value is -2.99. The maximum atomic E-state index is 14.1. The largest absolute Gasteiger partial charge is 0.347 e. The molecule has 0 unspecified atom stereocenters. The zero-order valence-electron chi connectivity index (χ0n) is 21.8. The van der Waals surface area contributed by atoms with E-state index in [2.05, 4.69) is 20.4 Å². The van der Waals surface area contributed by atoms with Gasteiger partial charge in [-0.3, -0.25) is 9.59 Å². The molecule has 0 bridgehead atoms. The lowest BCUT2D eigenvalue weighted by molar-refractivity contribution is 0.112. The molecular formula is C31H38N4O2. The van der Waals surface area contributed by atoms with Crippen LogP contribution in [0.4, 0.5) is 5.82 Å². The van der Waals surface area contributed by atoms with Gasteiger partial charge in [-0.1, -0.05) is 56.4 Å². The zero-order valence-corrected chi connectivity index (χ0v) is 21.8. The smallest absolute Gasteiger partial charge is 0.294 e. The van der Waals surface area contributed by atoms with Crippen molar-refractivity contribution in [2.75, 3.05) is 24.5 Å². The summed E-state index contributed by atoms with van der Waals surface area (Å²) in [6, 6.07) is 14.9. The van der Waals surface area contributed by atoms with E-state index in [9.17, 15) is 9.59 Å². The van der Waals surface area contributed by atoms with Crippen LogP contribution >= 0.6 is 0 Å². The molecule has 1 saturated heterocycles. The van der Waals surface area contributed by atoms with Gasteiger partial charge in [0.2, 0.25) is 0 Å². The molecule has 0 radical (unpaired) electrons. The topological polar surface area (TPSA) is 58.4 Å². The van der Waals surface area contributed by atoms with Crippen LogP contribution in [0.15, 0.2) is 47.3 Å². The molecule has 0 N–H and O–H groups in total. The van der Waals surface area contributed by atoms with Gasteiger partial charge < -0.3 is 14.4 Å². The maximum absolute atomic E-state index is 14.1. The van der Waals surface area contributed by atoms with Crippen molar-refractivity contribution >= 4 is 23.1 Å². The van der Waals surface area contributed by atoms with Crippen LogP contribution in [0.25, 0.3) is 11.0 Å². The number of nitrogens with zero attached hydrogens (tertiary/aromatic N) is 4. The first-order valence-electron chi connectivity index (χ1n) is 14.3. The molecule has 1 saturated carbocycles. The second kappa shape index (κ2) is 10.8. The van der Waals surface area contributed by atoms with Crippen LogP contribution in [-0.4, -0.2) is 46.4 Å². The Balaban J connectivity index is 1.28. The monoisotopic (exact) mass is 498 g/mol. The second-order valence-corrected chi connectivity index (χ2v) is 11.2. The third-order valence-corrected chi connectivity index (χ3v) is 8.91. The molecule has 3 aromatic rings. The molecule has 1 aliphatic carbocycles. The third kappa shape index (κ3) is 4.96. The van der Waals surface area contributed by atoms with Crippen molar-refractivity contribution in [2.24, 2.45) is 0 Å². The van der Waals surface area contributed by atoms with Gasteiger partial charge in [0, 0.05) is 43.8 Å². The van der Waals surface area contributed by atoms with Crippen LogP contribution in [0.3, 0.4) is 0 Å². The van der Waals surface area contributed by atoms with Gasteiger partial charge in [-0.05, 0) is 61.4 Å². The predicted molar refractivity (Wildman–Crippen MR) is 149 cm³/mol. The van der Waals surface area contributed by atoms with Crippen LogP contribution in [0.1, 0.15) is 85.3 Å². The van der Waals surface area contributed by atoms with Crippen molar-refractivity contribution in [3.63, 3.8) is 0 Å². The number of benzene rings is 2. The number of carbonyl (C=O) groups is 1. The maximum Gasteiger partial charge on any atom is 0.294 e. The molecule has 3 heterocycles. The highest BCUT2D eigenvalue weighted by atomic mass is 16.1. The number of hydrogen-bond donors (Lipinski definition) is 0. The van der Waals surface area contributed by atoms with Crippen LogP contribution in [0.5, 0.6) is 0 Å². The zero-order chi connectivity index (χ0) is 25.2. The van der Waals surface area contributed by atoms with E-state index < -0.39 is 0 Å². The lowest BCUT2D eigenvalue weighted by Crippen LogP contribution is -2.44. The summed E-state index contributed by atoms with van der Waals surface area (Å²) >= 11 is 0. The Morgan fingerprint density at radius 3 is 2.35 bits per heavy atom. The highest BCUT2D eigenvalue weighted by molar-refractivity contribution is 5.77. The Morgan fingerprint density at radius 2 is 1.57 bits per heavy atom. The van der Waals surface area contributed by atoms with Crippen LogP contribution in [-0.2, 0) is 13.0 Å². The summed E-state index contributed by atoms with van der Waals surface area (Å²) in [7, 11) is 0. The van der Waals surface area contributed by atoms with Crippen molar-refractivity contribution in [3.05, 3.63) is 69.5 Å². The van der Waals surface area contributed by atoms with Gasteiger partial charge in [0.25, 0.3) is 5.56 Å². The van der Waals surface area contributed by atoms with Gasteiger partial charge >= 0.3 is 0 Å². The number of aldehydes is 1. The van der Waals surface area contributed by atoms with E-state index in [0.717, 1.165) is 61.8 Å². The predicted octanol–water partition coefficient (Wildman–Crippen LogP) is 5.52. The minimum Gasteiger partial charge on any atom is -0.347 e. The number of aromatic nitrogens is 2. The summed E-state index contributed by atoms with van der Waals surface area (Å²) in [5.74, 6) is 0.545. The molecule has 6 heteroatoms. The molecule has 0 atom stereocenters. The Morgan fingerprint density at radius 1 is 0.811 bits per heavy atom. The van der Waals surface area contributed by atoms with E-state index in [1.165, 1.54) is 50.5 Å².